The summed E-state index contributed by atoms with van der Waals surface area (Å²) in [7, 11) is -7.14. The minimum absolute atomic E-state index is 0.0300. The van der Waals surface area contributed by atoms with E-state index in [2.05, 4.69) is 11.7 Å². The molecule has 13 nitrogen and oxygen atoms in total. The normalized spacial score (nSPS) is 21.5. The fourth-order valence-electron chi connectivity index (χ4n) is 4.74. The predicted octanol–water partition coefficient (Wildman–Crippen LogP) is 2.72. The van der Waals surface area contributed by atoms with Crippen LogP contribution in [-0.4, -0.2) is 87.5 Å². The van der Waals surface area contributed by atoms with Gasteiger partial charge in [-0.05, 0) is 76.7 Å². The largest absolute Gasteiger partial charge is 0.560 e. The van der Waals surface area contributed by atoms with Gasteiger partial charge in [-0.25, -0.2) is 16.8 Å². The average molecular weight is 643 g/mol. The second kappa shape index (κ2) is 12.2. The molecule has 1 aliphatic rings. The topological polar surface area (TPSA) is 178 Å². The molecule has 238 valence electrons. The molecular formula is C28H38N2O11S2. The number of ether oxygens (including phenoxy) is 1. The van der Waals surface area contributed by atoms with Gasteiger partial charge >= 0.3 is 6.16 Å². The number of hydrogen-bond acceptors (Lipinski definition) is 13. The lowest BCUT2D eigenvalue weighted by Crippen LogP contribution is -2.59. The summed E-state index contributed by atoms with van der Waals surface area (Å²) < 4.78 is 54.8. The lowest BCUT2D eigenvalue weighted by molar-refractivity contribution is -0.340. The lowest BCUT2D eigenvalue weighted by Gasteiger charge is -2.43. The molecule has 3 rings (SSSR count). The molecule has 2 aromatic rings. The molecule has 43 heavy (non-hydrogen) atoms. The van der Waals surface area contributed by atoms with Crippen LogP contribution >= 0.6 is 0 Å². The van der Waals surface area contributed by atoms with Gasteiger partial charge in [-0.1, -0.05) is 29.3 Å². The fraction of sp³-hybridized carbons (Fsp3) is 0.500. The van der Waals surface area contributed by atoms with Crippen LogP contribution in [0.4, 0.5) is 4.79 Å². The van der Waals surface area contributed by atoms with Crippen molar-refractivity contribution in [3.63, 3.8) is 0 Å². The Morgan fingerprint density at radius 3 is 1.93 bits per heavy atom. The number of benzene rings is 2. The van der Waals surface area contributed by atoms with Crippen molar-refractivity contribution in [3.05, 3.63) is 59.7 Å². The van der Waals surface area contributed by atoms with E-state index in [1.54, 1.807) is 34.6 Å². The van der Waals surface area contributed by atoms with Crippen LogP contribution in [0.1, 0.15) is 51.8 Å². The Kier molecular flexibility index (Phi) is 9.83. The van der Waals surface area contributed by atoms with E-state index < -0.39 is 67.6 Å². The number of carbonyl (C=O) groups is 1. The smallest absolute Gasteiger partial charge is 0.394 e. The number of rotatable bonds is 10. The first-order valence-electron chi connectivity index (χ1n) is 13.1. The van der Waals surface area contributed by atoms with Crippen molar-refractivity contribution < 1.29 is 51.2 Å². The van der Waals surface area contributed by atoms with Crippen LogP contribution < -0.4 is 0 Å². The lowest BCUT2D eigenvalue weighted by atomic mass is 9.76. The van der Waals surface area contributed by atoms with Gasteiger partial charge in [0.25, 0.3) is 0 Å². The molecule has 0 spiro atoms. The van der Waals surface area contributed by atoms with Gasteiger partial charge in [0.05, 0.1) is 16.4 Å². The summed E-state index contributed by atoms with van der Waals surface area (Å²) in [5.74, 6) is 0. The van der Waals surface area contributed by atoms with Crippen molar-refractivity contribution in [2.45, 2.75) is 79.5 Å². The molecule has 15 heteroatoms. The minimum atomic E-state index is -3.60. The number of carbonyl (C=O) groups excluding carboxylic acids is 1. The van der Waals surface area contributed by atoms with Crippen molar-refractivity contribution in [2.75, 3.05) is 19.1 Å². The maximum atomic E-state index is 12.8. The molecule has 2 N–H and O–H groups in total. The SMILES string of the molecule is C=NC(CO)C(O)(c1ccc(S(C)(=O)=O)cc1)C1C(c2ccc(S(C)(=O)=O)cc2)OC(C)(C)N1OC(=O)OOC(C)(C)C. The van der Waals surface area contributed by atoms with E-state index in [1.807, 2.05) is 0 Å². The van der Waals surface area contributed by atoms with Gasteiger partial charge in [0, 0.05) is 12.5 Å². The summed E-state index contributed by atoms with van der Waals surface area (Å²) in [5, 5.41) is 24.0. The summed E-state index contributed by atoms with van der Waals surface area (Å²) in [4.78, 5) is 32.3. The summed E-state index contributed by atoms with van der Waals surface area (Å²) in [5.41, 5.74) is -4.14. The standard InChI is InChI=1S/C28H38N2O11S2/c1-26(2,3)41-40-25(32)39-30-24(23(38-27(30,4)5)18-9-13-20(14-10-18)42(7,34)35)28(33,22(17-31)29-6)19-11-15-21(16-12-19)43(8,36)37/h9-16,22-24,31,33H,6,17H2,1-5,7-8H3. The number of nitrogens with zero attached hydrogens (tertiary/aromatic N) is 2. The maximum Gasteiger partial charge on any atom is 0.560 e. The van der Waals surface area contributed by atoms with Gasteiger partial charge in [-0.3, -0.25) is 9.88 Å². The first-order chi connectivity index (χ1) is 19.6. The van der Waals surface area contributed by atoms with Gasteiger partial charge in [0.15, 0.2) is 19.7 Å². The molecule has 1 fully saturated rings. The van der Waals surface area contributed by atoms with Gasteiger partial charge in [0.2, 0.25) is 0 Å². The number of hydrogen-bond donors (Lipinski definition) is 2. The van der Waals surface area contributed by atoms with Crippen molar-refractivity contribution in [2.24, 2.45) is 4.99 Å². The molecule has 1 aliphatic heterocycles. The Morgan fingerprint density at radius 2 is 1.51 bits per heavy atom. The molecule has 1 heterocycles. The molecule has 0 radical (unpaired) electrons. The van der Waals surface area contributed by atoms with Crippen molar-refractivity contribution in [1.82, 2.24) is 5.06 Å². The number of aliphatic hydroxyl groups excluding tert-OH is 1. The third-order valence-corrected chi connectivity index (χ3v) is 9.01. The zero-order valence-electron chi connectivity index (χ0n) is 25.0. The molecule has 0 bridgehead atoms. The van der Waals surface area contributed by atoms with Crippen LogP contribution in [0, 0.1) is 0 Å². The van der Waals surface area contributed by atoms with E-state index >= 15 is 0 Å². The average Bonchev–Trinajstić information content (AvgIpc) is 3.17. The molecular weight excluding hydrogens is 604 g/mol. The van der Waals surface area contributed by atoms with Gasteiger partial charge in [-0.15, -0.1) is 0 Å². The van der Waals surface area contributed by atoms with E-state index in [0.717, 1.165) is 17.6 Å². The van der Waals surface area contributed by atoms with Gasteiger partial charge < -0.3 is 19.8 Å². The zero-order valence-corrected chi connectivity index (χ0v) is 26.7. The van der Waals surface area contributed by atoms with Gasteiger partial charge in [0.1, 0.15) is 35.1 Å². The Labute approximate surface area is 251 Å². The van der Waals surface area contributed by atoms with Gasteiger partial charge in [-0.2, -0.15) is 9.68 Å². The monoisotopic (exact) mass is 642 g/mol. The summed E-state index contributed by atoms with van der Waals surface area (Å²) in [6.07, 6.45) is -0.358. The molecule has 4 atom stereocenters. The molecule has 0 aliphatic carbocycles. The maximum absolute atomic E-state index is 12.8. The van der Waals surface area contributed by atoms with E-state index in [4.69, 9.17) is 19.3 Å². The van der Waals surface area contributed by atoms with Crippen LogP contribution in [0.15, 0.2) is 63.3 Å². The Balaban J connectivity index is 2.26. The highest BCUT2D eigenvalue weighted by molar-refractivity contribution is 7.91. The minimum Gasteiger partial charge on any atom is -0.394 e. The third kappa shape index (κ3) is 7.60. The fourth-order valence-corrected chi connectivity index (χ4v) is 6.00. The van der Waals surface area contributed by atoms with Crippen molar-refractivity contribution in [3.8, 4) is 0 Å². The first-order valence-corrected chi connectivity index (χ1v) is 16.9. The number of sulfone groups is 2. The summed E-state index contributed by atoms with van der Waals surface area (Å²) in [6, 6.07) is 8.18. The van der Waals surface area contributed by atoms with Crippen molar-refractivity contribution >= 4 is 32.5 Å². The molecule has 1 saturated heterocycles. The van der Waals surface area contributed by atoms with Crippen molar-refractivity contribution in [1.29, 1.82) is 0 Å². The highest BCUT2D eigenvalue weighted by Crippen LogP contribution is 2.50. The highest BCUT2D eigenvalue weighted by Gasteiger charge is 2.62. The number of aliphatic hydroxyl groups is 2. The third-order valence-electron chi connectivity index (χ3n) is 6.75. The quantitative estimate of drug-likeness (QED) is 0.220. The van der Waals surface area contributed by atoms with E-state index in [0.29, 0.717) is 5.56 Å². The second-order valence-electron chi connectivity index (χ2n) is 11.7. The predicted molar refractivity (Wildman–Crippen MR) is 155 cm³/mol. The number of hydroxylamine groups is 2. The highest BCUT2D eigenvalue weighted by atomic mass is 32.2. The van der Waals surface area contributed by atoms with Crippen LogP contribution in [0.25, 0.3) is 0 Å². The van der Waals surface area contributed by atoms with Crippen LogP contribution in [0.5, 0.6) is 0 Å². The second-order valence-corrected chi connectivity index (χ2v) is 15.8. The molecule has 2 aromatic carbocycles. The summed E-state index contributed by atoms with van der Waals surface area (Å²) in [6.45, 7) is 10.8. The van der Waals surface area contributed by atoms with Crippen LogP contribution in [0.3, 0.4) is 0 Å². The first kappa shape index (κ1) is 34.6. The van der Waals surface area contributed by atoms with Crippen LogP contribution in [-0.2, 0) is 44.6 Å². The van der Waals surface area contributed by atoms with E-state index in [-0.39, 0.29) is 15.4 Å². The Hall–Kier alpha value is -2.92. The molecule has 0 amide bonds. The molecule has 0 saturated carbocycles. The Morgan fingerprint density at radius 1 is 1.02 bits per heavy atom. The van der Waals surface area contributed by atoms with E-state index in [9.17, 15) is 31.8 Å². The zero-order chi connectivity index (χ0) is 32.6. The Bertz CT molecular complexity index is 1530. The molecule has 0 aromatic heterocycles. The summed E-state index contributed by atoms with van der Waals surface area (Å²) >= 11 is 0. The molecule has 4 unspecified atom stereocenters. The van der Waals surface area contributed by atoms with Crippen LogP contribution in [0.2, 0.25) is 0 Å². The number of aliphatic imine (C=N–C) groups is 1. The van der Waals surface area contributed by atoms with E-state index in [1.165, 1.54) is 48.5 Å².